The Kier molecular flexibility index (Phi) is 3.32. The van der Waals surface area contributed by atoms with Gasteiger partial charge in [-0.1, -0.05) is 22.0 Å². The van der Waals surface area contributed by atoms with E-state index in [2.05, 4.69) is 36.6 Å². The highest BCUT2D eigenvalue weighted by molar-refractivity contribution is 9.10. The number of nitrogens with one attached hydrogen (secondary N) is 1. The Morgan fingerprint density at radius 3 is 2.68 bits per heavy atom. The van der Waals surface area contributed by atoms with Crippen LogP contribution in [0.5, 0.6) is 0 Å². The molecule has 108 valence electrons. The van der Waals surface area contributed by atoms with E-state index in [0.717, 1.165) is 26.3 Å². The van der Waals surface area contributed by atoms with Gasteiger partial charge < -0.3 is 0 Å². The van der Waals surface area contributed by atoms with Crippen LogP contribution < -0.4 is 0 Å². The maximum absolute atomic E-state index is 4.70. The number of nitrogens with zero attached hydrogens (tertiary/aromatic N) is 5. The Bertz CT molecular complexity index is 828. The Balaban J connectivity index is 1.88. The fraction of sp³-hybridized carbons (Fsp3) is 0. The van der Waals surface area contributed by atoms with Gasteiger partial charge in [0.1, 0.15) is 5.69 Å². The van der Waals surface area contributed by atoms with Crippen LogP contribution in [0.1, 0.15) is 0 Å². The number of rotatable bonds is 3. The maximum Gasteiger partial charge on any atom is 0.208 e. The molecule has 4 aromatic rings. The summed E-state index contributed by atoms with van der Waals surface area (Å²) in [5.74, 6) is 0.534. The largest absolute Gasteiger partial charge is 0.240 e. The molecule has 0 aliphatic rings. The van der Waals surface area contributed by atoms with Crippen LogP contribution >= 0.6 is 27.3 Å². The fourth-order valence-electron chi connectivity index (χ4n) is 2.13. The number of hydrogen-bond donors (Lipinski definition) is 1. The second-order valence-electron chi connectivity index (χ2n) is 4.53. The average molecular weight is 373 g/mol. The van der Waals surface area contributed by atoms with Gasteiger partial charge in [-0.3, -0.25) is 0 Å². The topological polar surface area (TPSA) is 72.3 Å². The second kappa shape index (κ2) is 5.47. The summed E-state index contributed by atoms with van der Waals surface area (Å²) >= 11 is 5.07. The van der Waals surface area contributed by atoms with Gasteiger partial charge in [0.2, 0.25) is 5.82 Å². The van der Waals surface area contributed by atoms with Gasteiger partial charge in [0.25, 0.3) is 0 Å². The minimum atomic E-state index is 0.534. The smallest absolute Gasteiger partial charge is 0.208 e. The molecule has 0 saturated heterocycles. The molecule has 0 amide bonds. The van der Waals surface area contributed by atoms with Gasteiger partial charge >= 0.3 is 0 Å². The number of benzene rings is 1. The first-order valence-corrected chi connectivity index (χ1v) is 8.12. The molecule has 0 saturated carbocycles. The van der Waals surface area contributed by atoms with Crippen LogP contribution in [0, 0.1) is 0 Å². The molecule has 4 rings (SSSR count). The van der Waals surface area contributed by atoms with E-state index in [1.807, 2.05) is 52.7 Å². The molecule has 8 heteroatoms. The molecule has 3 heterocycles. The summed E-state index contributed by atoms with van der Waals surface area (Å²) < 4.78 is 2.85. The molecule has 22 heavy (non-hydrogen) atoms. The zero-order valence-electron chi connectivity index (χ0n) is 11.1. The minimum absolute atomic E-state index is 0.534. The van der Waals surface area contributed by atoms with Crippen molar-refractivity contribution in [2.45, 2.75) is 0 Å². The van der Waals surface area contributed by atoms with E-state index in [4.69, 9.17) is 5.10 Å². The van der Waals surface area contributed by atoms with E-state index in [9.17, 15) is 0 Å². The summed E-state index contributed by atoms with van der Waals surface area (Å²) in [5.41, 5.74) is 2.66. The van der Waals surface area contributed by atoms with E-state index < -0.39 is 0 Å². The van der Waals surface area contributed by atoms with Gasteiger partial charge in [-0.15, -0.1) is 21.5 Å². The predicted molar refractivity (Wildman–Crippen MR) is 87.7 cm³/mol. The standard InChI is InChI=1S/C14H9BrN6S/c15-9-3-5-10(6-4-9)21-8-11(14-16-19-20-17-14)13(18-21)12-2-1-7-22-12/h1-8H,(H,16,17,19,20). The van der Waals surface area contributed by atoms with Gasteiger partial charge in [-0.2, -0.15) is 10.3 Å². The highest BCUT2D eigenvalue weighted by Crippen LogP contribution is 2.32. The molecule has 3 aromatic heterocycles. The van der Waals surface area contributed by atoms with Crippen molar-refractivity contribution in [2.75, 3.05) is 0 Å². The highest BCUT2D eigenvalue weighted by atomic mass is 79.9. The number of thiophene rings is 1. The third-order valence-corrected chi connectivity index (χ3v) is 4.55. The van der Waals surface area contributed by atoms with Crippen LogP contribution in [-0.4, -0.2) is 30.4 Å². The van der Waals surface area contributed by atoms with Crippen LogP contribution in [0.25, 0.3) is 27.6 Å². The van der Waals surface area contributed by atoms with Crippen LogP contribution in [-0.2, 0) is 0 Å². The first-order chi connectivity index (χ1) is 10.8. The highest BCUT2D eigenvalue weighted by Gasteiger charge is 2.17. The lowest BCUT2D eigenvalue weighted by molar-refractivity contribution is 0.881. The maximum atomic E-state index is 4.70. The van der Waals surface area contributed by atoms with E-state index in [1.54, 1.807) is 11.3 Å². The zero-order valence-corrected chi connectivity index (χ0v) is 13.5. The van der Waals surface area contributed by atoms with Gasteiger partial charge in [0.05, 0.1) is 16.1 Å². The third-order valence-electron chi connectivity index (χ3n) is 3.15. The van der Waals surface area contributed by atoms with Crippen LogP contribution in [0.3, 0.4) is 0 Å². The van der Waals surface area contributed by atoms with Crippen molar-refractivity contribution in [3.05, 3.63) is 52.4 Å². The van der Waals surface area contributed by atoms with Gasteiger partial charge in [-0.25, -0.2) is 4.68 Å². The normalized spacial score (nSPS) is 11.0. The summed E-state index contributed by atoms with van der Waals surface area (Å²) in [6.07, 6.45) is 1.92. The van der Waals surface area contributed by atoms with Crippen molar-refractivity contribution in [3.63, 3.8) is 0 Å². The molecule has 0 bridgehead atoms. The lowest BCUT2D eigenvalue weighted by Crippen LogP contribution is -1.93. The molecular weight excluding hydrogens is 364 g/mol. The molecule has 1 aromatic carbocycles. The van der Waals surface area contributed by atoms with E-state index >= 15 is 0 Å². The lowest BCUT2D eigenvalue weighted by Gasteiger charge is -2.00. The van der Waals surface area contributed by atoms with E-state index in [-0.39, 0.29) is 0 Å². The summed E-state index contributed by atoms with van der Waals surface area (Å²) in [5, 5.41) is 21.0. The van der Waals surface area contributed by atoms with Gasteiger partial charge in [0.15, 0.2) is 0 Å². The average Bonchev–Trinajstić information content (AvgIpc) is 3.27. The van der Waals surface area contributed by atoms with Crippen LogP contribution in [0.2, 0.25) is 0 Å². The van der Waals surface area contributed by atoms with Crippen molar-refractivity contribution in [3.8, 4) is 27.6 Å². The molecule has 0 aliphatic heterocycles. The number of H-pyrrole nitrogens is 1. The number of aromatic amines is 1. The summed E-state index contributed by atoms with van der Waals surface area (Å²) in [4.78, 5) is 1.07. The predicted octanol–water partition coefficient (Wildman–Crippen LogP) is 3.54. The zero-order chi connectivity index (χ0) is 14.9. The first-order valence-electron chi connectivity index (χ1n) is 6.44. The van der Waals surface area contributed by atoms with E-state index in [1.165, 1.54) is 0 Å². The van der Waals surface area contributed by atoms with Crippen molar-refractivity contribution in [2.24, 2.45) is 0 Å². The van der Waals surface area contributed by atoms with E-state index in [0.29, 0.717) is 5.82 Å². The molecule has 6 nitrogen and oxygen atoms in total. The van der Waals surface area contributed by atoms with Crippen molar-refractivity contribution >= 4 is 27.3 Å². The fourth-order valence-corrected chi connectivity index (χ4v) is 3.12. The van der Waals surface area contributed by atoms with Gasteiger partial charge in [0, 0.05) is 10.7 Å². The lowest BCUT2D eigenvalue weighted by atomic mass is 10.2. The molecule has 0 fully saturated rings. The summed E-state index contributed by atoms with van der Waals surface area (Å²) in [7, 11) is 0. The first kappa shape index (κ1) is 13.4. The summed E-state index contributed by atoms with van der Waals surface area (Å²) in [6.45, 7) is 0. The molecule has 0 unspecified atom stereocenters. The molecule has 0 atom stereocenters. The molecule has 0 aliphatic carbocycles. The van der Waals surface area contributed by atoms with Crippen molar-refractivity contribution in [1.82, 2.24) is 30.4 Å². The van der Waals surface area contributed by atoms with Crippen LogP contribution in [0.4, 0.5) is 0 Å². The number of hydrogen-bond acceptors (Lipinski definition) is 5. The Labute approximate surface area is 137 Å². The monoisotopic (exact) mass is 372 g/mol. The Hall–Kier alpha value is -2.32. The van der Waals surface area contributed by atoms with Gasteiger partial charge in [-0.05, 0) is 40.9 Å². The molecule has 1 N–H and O–H groups in total. The number of halogens is 1. The number of aromatic nitrogens is 6. The number of tetrazole rings is 1. The molecular formula is C14H9BrN6S. The summed E-state index contributed by atoms with van der Waals surface area (Å²) in [6, 6.07) is 12.0. The Morgan fingerprint density at radius 2 is 2.00 bits per heavy atom. The molecule has 0 radical (unpaired) electrons. The van der Waals surface area contributed by atoms with Crippen molar-refractivity contribution in [1.29, 1.82) is 0 Å². The Morgan fingerprint density at radius 1 is 1.14 bits per heavy atom. The minimum Gasteiger partial charge on any atom is -0.240 e. The van der Waals surface area contributed by atoms with Crippen LogP contribution in [0.15, 0.2) is 52.4 Å². The quantitative estimate of drug-likeness (QED) is 0.596. The second-order valence-corrected chi connectivity index (χ2v) is 6.39. The third kappa shape index (κ3) is 2.36. The molecule has 0 spiro atoms. The van der Waals surface area contributed by atoms with Crippen molar-refractivity contribution < 1.29 is 0 Å². The SMILES string of the molecule is Brc1ccc(-n2cc(-c3nn[nH]n3)c(-c3cccs3)n2)cc1.